The van der Waals surface area contributed by atoms with E-state index in [0.717, 1.165) is 22.8 Å². The number of benzene rings is 2. The lowest BCUT2D eigenvalue weighted by Gasteiger charge is -2.28. The molecule has 2 aromatic carbocycles. The van der Waals surface area contributed by atoms with Gasteiger partial charge in [0.1, 0.15) is 23.4 Å². The molecule has 4 rings (SSSR count). The summed E-state index contributed by atoms with van der Waals surface area (Å²) in [7, 11) is 0. The van der Waals surface area contributed by atoms with Gasteiger partial charge in [0.2, 0.25) is 0 Å². The van der Waals surface area contributed by atoms with Crippen LogP contribution in [0.3, 0.4) is 0 Å². The predicted octanol–water partition coefficient (Wildman–Crippen LogP) is 4.08. The number of ether oxygens (including phenoxy) is 3. The highest BCUT2D eigenvalue weighted by molar-refractivity contribution is 5.50. The molecule has 3 heteroatoms. The minimum Gasteiger partial charge on any atom is -0.492 e. The number of rotatable bonds is 2. The third kappa shape index (κ3) is 2.04. The van der Waals surface area contributed by atoms with E-state index in [1.54, 1.807) is 0 Å². The maximum absolute atomic E-state index is 6.14. The summed E-state index contributed by atoms with van der Waals surface area (Å²) in [5, 5.41) is 0. The Morgan fingerprint density at radius 2 is 1.90 bits per heavy atom. The van der Waals surface area contributed by atoms with Crippen LogP contribution in [0.4, 0.5) is 0 Å². The topological polar surface area (TPSA) is 27.7 Å². The van der Waals surface area contributed by atoms with Gasteiger partial charge in [-0.3, -0.25) is 0 Å². The van der Waals surface area contributed by atoms with E-state index in [-0.39, 0.29) is 18.1 Å². The summed E-state index contributed by atoms with van der Waals surface area (Å²) in [4.78, 5) is 0. The largest absolute Gasteiger partial charge is 0.492 e. The Balaban J connectivity index is 1.69. The SMILES string of the molecule is CC(C)Oc1ccc2c(c1)OCC1c3ccccc3OC21. The van der Waals surface area contributed by atoms with E-state index in [1.807, 2.05) is 38.1 Å². The normalized spacial score (nSPS) is 21.9. The van der Waals surface area contributed by atoms with Gasteiger partial charge in [0, 0.05) is 17.2 Å². The molecule has 0 aromatic heterocycles. The molecule has 0 bridgehead atoms. The van der Waals surface area contributed by atoms with Crippen LogP contribution in [0.25, 0.3) is 0 Å². The summed E-state index contributed by atoms with van der Waals surface area (Å²) in [5.74, 6) is 2.98. The van der Waals surface area contributed by atoms with Gasteiger partial charge < -0.3 is 14.2 Å². The van der Waals surface area contributed by atoms with E-state index >= 15 is 0 Å². The maximum atomic E-state index is 6.14. The van der Waals surface area contributed by atoms with Crippen LogP contribution in [0.1, 0.15) is 37.0 Å². The number of hydrogen-bond acceptors (Lipinski definition) is 3. The van der Waals surface area contributed by atoms with Gasteiger partial charge in [0.05, 0.1) is 18.6 Å². The highest BCUT2D eigenvalue weighted by atomic mass is 16.5. The second-order valence-corrected chi connectivity index (χ2v) is 5.86. The summed E-state index contributed by atoms with van der Waals surface area (Å²) < 4.78 is 17.8. The first kappa shape index (κ1) is 12.6. The number of fused-ring (bicyclic) bond motifs is 5. The second kappa shape index (κ2) is 4.69. The summed E-state index contributed by atoms with van der Waals surface area (Å²) in [6, 6.07) is 14.3. The lowest BCUT2D eigenvalue weighted by atomic mass is 9.89. The summed E-state index contributed by atoms with van der Waals surface area (Å²) in [5.41, 5.74) is 2.36. The molecule has 21 heavy (non-hydrogen) atoms. The zero-order valence-corrected chi connectivity index (χ0v) is 12.2. The summed E-state index contributed by atoms with van der Waals surface area (Å²) in [6.07, 6.45) is 0.214. The van der Waals surface area contributed by atoms with Crippen molar-refractivity contribution in [2.24, 2.45) is 0 Å². The summed E-state index contributed by atoms with van der Waals surface area (Å²) >= 11 is 0. The van der Waals surface area contributed by atoms with Gasteiger partial charge >= 0.3 is 0 Å². The third-order valence-corrected chi connectivity index (χ3v) is 4.02. The van der Waals surface area contributed by atoms with Crippen LogP contribution in [0.5, 0.6) is 17.2 Å². The Labute approximate surface area is 124 Å². The summed E-state index contributed by atoms with van der Waals surface area (Å²) in [6.45, 7) is 4.69. The first-order valence-electron chi connectivity index (χ1n) is 7.41. The highest BCUT2D eigenvalue weighted by Crippen LogP contribution is 2.51. The Morgan fingerprint density at radius 1 is 1.05 bits per heavy atom. The molecule has 0 amide bonds. The van der Waals surface area contributed by atoms with Gasteiger partial charge in [-0.05, 0) is 32.0 Å². The Kier molecular flexibility index (Phi) is 2.81. The molecule has 0 fully saturated rings. The van der Waals surface area contributed by atoms with Crippen molar-refractivity contribution in [1.82, 2.24) is 0 Å². The molecule has 2 atom stereocenters. The van der Waals surface area contributed by atoms with E-state index in [1.165, 1.54) is 5.56 Å². The lowest BCUT2D eigenvalue weighted by molar-refractivity contribution is 0.138. The van der Waals surface area contributed by atoms with Gasteiger partial charge in [0.25, 0.3) is 0 Å². The molecule has 3 nitrogen and oxygen atoms in total. The quantitative estimate of drug-likeness (QED) is 0.830. The van der Waals surface area contributed by atoms with Crippen LogP contribution in [0.2, 0.25) is 0 Å². The van der Waals surface area contributed by atoms with Crippen molar-refractivity contribution in [3.8, 4) is 17.2 Å². The smallest absolute Gasteiger partial charge is 0.138 e. The first-order valence-corrected chi connectivity index (χ1v) is 7.41. The van der Waals surface area contributed by atoms with Gasteiger partial charge in [-0.15, -0.1) is 0 Å². The lowest BCUT2D eigenvalue weighted by Crippen LogP contribution is -2.23. The predicted molar refractivity (Wildman–Crippen MR) is 80.3 cm³/mol. The molecule has 0 aliphatic carbocycles. The fourth-order valence-electron chi connectivity index (χ4n) is 3.13. The Bertz CT molecular complexity index is 678. The molecule has 0 radical (unpaired) electrons. The molecule has 2 unspecified atom stereocenters. The van der Waals surface area contributed by atoms with Crippen molar-refractivity contribution in [1.29, 1.82) is 0 Å². The average Bonchev–Trinajstić information content (AvgIpc) is 2.85. The van der Waals surface area contributed by atoms with E-state index in [9.17, 15) is 0 Å². The zero-order chi connectivity index (χ0) is 14.4. The van der Waals surface area contributed by atoms with Gasteiger partial charge in [0.15, 0.2) is 0 Å². The molecular weight excluding hydrogens is 264 g/mol. The minimum absolute atomic E-state index is 0.0549. The Hall–Kier alpha value is -2.16. The van der Waals surface area contributed by atoms with Crippen molar-refractivity contribution in [3.05, 3.63) is 53.6 Å². The molecule has 2 heterocycles. The van der Waals surface area contributed by atoms with E-state index in [2.05, 4.69) is 18.2 Å². The van der Waals surface area contributed by atoms with Crippen LogP contribution in [0.15, 0.2) is 42.5 Å². The molecule has 2 aliphatic heterocycles. The Morgan fingerprint density at radius 3 is 2.76 bits per heavy atom. The maximum Gasteiger partial charge on any atom is 0.138 e. The van der Waals surface area contributed by atoms with Crippen molar-refractivity contribution in [2.45, 2.75) is 32.0 Å². The third-order valence-electron chi connectivity index (χ3n) is 4.02. The highest BCUT2D eigenvalue weighted by Gasteiger charge is 2.40. The van der Waals surface area contributed by atoms with E-state index < -0.39 is 0 Å². The fourth-order valence-corrected chi connectivity index (χ4v) is 3.13. The van der Waals surface area contributed by atoms with Crippen molar-refractivity contribution < 1.29 is 14.2 Å². The van der Waals surface area contributed by atoms with Gasteiger partial charge in [-0.25, -0.2) is 0 Å². The van der Waals surface area contributed by atoms with Gasteiger partial charge in [-0.2, -0.15) is 0 Å². The van der Waals surface area contributed by atoms with E-state index in [0.29, 0.717) is 6.61 Å². The van der Waals surface area contributed by atoms with Crippen LogP contribution < -0.4 is 14.2 Å². The van der Waals surface area contributed by atoms with E-state index in [4.69, 9.17) is 14.2 Å². The molecule has 0 saturated heterocycles. The van der Waals surface area contributed by atoms with Crippen molar-refractivity contribution in [2.75, 3.05) is 6.61 Å². The molecule has 108 valence electrons. The molecule has 2 aromatic rings. The van der Waals surface area contributed by atoms with Crippen molar-refractivity contribution in [3.63, 3.8) is 0 Å². The molecule has 2 aliphatic rings. The van der Waals surface area contributed by atoms with Crippen LogP contribution in [-0.4, -0.2) is 12.7 Å². The minimum atomic E-state index is 0.0549. The standard InChI is InChI=1S/C18H18O3/c1-11(2)20-12-7-8-14-17(9-12)19-10-15-13-5-3-4-6-16(13)21-18(14)15/h3-9,11,15,18H,10H2,1-2H3. The monoisotopic (exact) mass is 282 g/mol. The van der Waals surface area contributed by atoms with Crippen LogP contribution in [-0.2, 0) is 0 Å². The fraction of sp³-hybridized carbons (Fsp3) is 0.333. The first-order chi connectivity index (χ1) is 10.2. The molecule has 0 spiro atoms. The van der Waals surface area contributed by atoms with Gasteiger partial charge in [-0.1, -0.05) is 18.2 Å². The molecule has 0 N–H and O–H groups in total. The van der Waals surface area contributed by atoms with Crippen LogP contribution in [0, 0.1) is 0 Å². The zero-order valence-electron chi connectivity index (χ0n) is 12.2. The second-order valence-electron chi connectivity index (χ2n) is 5.86. The number of para-hydroxylation sites is 1. The van der Waals surface area contributed by atoms with Crippen LogP contribution >= 0.6 is 0 Å². The number of hydrogen-bond donors (Lipinski definition) is 0. The average molecular weight is 282 g/mol. The molecule has 0 saturated carbocycles. The molecular formula is C18H18O3. The van der Waals surface area contributed by atoms with Crippen molar-refractivity contribution >= 4 is 0 Å².